The first-order valence-corrected chi connectivity index (χ1v) is 8.69. The molecular weight excluding hydrogens is 320 g/mol. The predicted octanol–water partition coefficient (Wildman–Crippen LogP) is 3.96. The van der Waals surface area contributed by atoms with Crippen molar-refractivity contribution in [2.45, 2.75) is 0 Å². The molecule has 0 saturated carbocycles. The van der Waals surface area contributed by atoms with Gasteiger partial charge in [0.25, 0.3) is 0 Å². The molecule has 1 aliphatic rings. The van der Waals surface area contributed by atoms with E-state index in [4.69, 9.17) is 12.2 Å². The Kier molecular flexibility index (Phi) is 4.08. The van der Waals surface area contributed by atoms with Gasteiger partial charge in [0.15, 0.2) is 5.11 Å². The van der Waals surface area contributed by atoms with E-state index in [1.165, 1.54) is 0 Å². The van der Waals surface area contributed by atoms with Crippen LogP contribution in [-0.4, -0.2) is 20.1 Å². The first-order valence-electron chi connectivity index (χ1n) is 6.57. The number of fused-ring (bicyclic) bond motifs is 1. The summed E-state index contributed by atoms with van der Waals surface area (Å²) < 4.78 is 22.4. The fraction of sp³-hybridized carbons (Fsp3) is 0.0714. The van der Waals surface area contributed by atoms with Crippen LogP contribution in [0.2, 0.25) is 0 Å². The summed E-state index contributed by atoms with van der Waals surface area (Å²) in [6.07, 6.45) is 0. The van der Waals surface area contributed by atoms with Gasteiger partial charge in [-0.3, -0.25) is 13.8 Å². The van der Waals surface area contributed by atoms with E-state index in [1.807, 2.05) is 48.5 Å². The summed E-state index contributed by atoms with van der Waals surface area (Å²) >= 11 is 5.29. The van der Waals surface area contributed by atoms with Gasteiger partial charge in [-0.1, -0.05) is 24.3 Å². The van der Waals surface area contributed by atoms with Crippen molar-refractivity contribution in [3.8, 4) is 0 Å². The van der Waals surface area contributed by atoms with Crippen molar-refractivity contribution < 1.29 is 9.11 Å². The van der Waals surface area contributed by atoms with E-state index < -0.39 is 10.8 Å². The maximum absolute atomic E-state index is 9.80. The van der Waals surface area contributed by atoms with Crippen molar-refractivity contribution in [1.82, 2.24) is 0 Å². The summed E-state index contributed by atoms with van der Waals surface area (Å²) in [5.74, 6) is 0.0795. The summed E-state index contributed by atoms with van der Waals surface area (Å²) in [4.78, 5) is 0. The van der Waals surface area contributed by atoms with Crippen molar-refractivity contribution >= 4 is 50.9 Å². The van der Waals surface area contributed by atoms with E-state index in [0.717, 1.165) is 11.4 Å². The van der Waals surface area contributed by atoms with Gasteiger partial charge in [-0.05, 0) is 36.5 Å². The first-order chi connectivity index (χ1) is 10.5. The van der Waals surface area contributed by atoms with Crippen LogP contribution in [0.5, 0.6) is 0 Å². The third-order valence-electron chi connectivity index (χ3n) is 3.07. The zero-order valence-electron chi connectivity index (χ0n) is 11.5. The van der Waals surface area contributed by atoms with Crippen molar-refractivity contribution in [1.29, 1.82) is 0 Å². The average Bonchev–Trinajstić information content (AvgIpc) is 2.48. The fourth-order valence-electron chi connectivity index (χ4n) is 2.10. The quantitative estimate of drug-likeness (QED) is 0.463. The molecule has 6 N–H and O–H groups in total. The first kappa shape index (κ1) is 14.9. The van der Waals surface area contributed by atoms with Crippen LogP contribution in [0.4, 0.5) is 22.7 Å². The van der Waals surface area contributed by atoms with Crippen LogP contribution in [-0.2, 0) is 0 Å². The number of para-hydroxylation sites is 2. The van der Waals surface area contributed by atoms with Gasteiger partial charge < -0.3 is 16.0 Å². The molecule has 8 heteroatoms. The second-order valence-electron chi connectivity index (χ2n) is 4.76. The molecular formula is C14H16N4O2S2. The Morgan fingerprint density at radius 3 is 2.59 bits per heavy atom. The summed E-state index contributed by atoms with van der Waals surface area (Å²) in [6, 6.07) is 15.1. The molecule has 22 heavy (non-hydrogen) atoms. The molecule has 0 unspecified atom stereocenters. The van der Waals surface area contributed by atoms with Gasteiger partial charge in [0.1, 0.15) is 11.6 Å². The monoisotopic (exact) mass is 336 g/mol. The molecule has 2 aromatic carbocycles. The van der Waals surface area contributed by atoms with Crippen LogP contribution in [0.3, 0.4) is 0 Å². The molecule has 3 rings (SSSR count). The van der Waals surface area contributed by atoms with Gasteiger partial charge in [0, 0.05) is 5.69 Å². The highest BCUT2D eigenvalue weighted by Crippen LogP contribution is 2.48. The number of thiocarbonyl (C=S) groups is 1. The van der Waals surface area contributed by atoms with Gasteiger partial charge in [-0.15, -0.1) is 10.8 Å². The standard InChI is InChI=1S/C14H16N4O2S2/c19-22(20)9-15-11-7-4-8-12(13(11)18-22)17-14(21)16-10-5-2-1-3-6-10/h1-8,15,18-20H,9H2,(H2,16,17,21). The maximum atomic E-state index is 9.80. The normalized spacial score (nSPS) is 16.5. The molecule has 1 aliphatic heterocycles. The Morgan fingerprint density at radius 1 is 1.05 bits per heavy atom. The van der Waals surface area contributed by atoms with E-state index in [9.17, 15) is 9.11 Å². The summed E-state index contributed by atoms with van der Waals surface area (Å²) in [5, 5.41) is 9.54. The van der Waals surface area contributed by atoms with E-state index in [2.05, 4.69) is 20.7 Å². The molecule has 6 nitrogen and oxygen atoms in total. The fourth-order valence-corrected chi connectivity index (χ4v) is 3.30. The molecule has 0 spiro atoms. The lowest BCUT2D eigenvalue weighted by Crippen LogP contribution is -2.26. The average molecular weight is 336 g/mol. The Bertz CT molecular complexity index is 694. The smallest absolute Gasteiger partial charge is 0.175 e. The van der Waals surface area contributed by atoms with Crippen LogP contribution >= 0.6 is 23.0 Å². The minimum absolute atomic E-state index is 0.0795. The van der Waals surface area contributed by atoms with Crippen LogP contribution in [0.25, 0.3) is 0 Å². The van der Waals surface area contributed by atoms with Crippen LogP contribution in [0.1, 0.15) is 0 Å². The minimum atomic E-state index is -2.88. The topological polar surface area (TPSA) is 88.6 Å². The van der Waals surface area contributed by atoms with Gasteiger partial charge in [-0.2, -0.15) is 0 Å². The second kappa shape index (κ2) is 6.01. The highest BCUT2D eigenvalue weighted by Gasteiger charge is 2.22. The highest BCUT2D eigenvalue weighted by atomic mass is 32.3. The molecule has 116 valence electrons. The lowest BCUT2D eigenvalue weighted by atomic mass is 10.2. The van der Waals surface area contributed by atoms with Crippen LogP contribution < -0.4 is 20.7 Å². The molecule has 0 atom stereocenters. The van der Waals surface area contributed by atoms with Gasteiger partial charge >= 0.3 is 0 Å². The number of hydrogen-bond donors (Lipinski definition) is 6. The Labute approximate surface area is 135 Å². The van der Waals surface area contributed by atoms with Gasteiger partial charge in [0.05, 0.1) is 11.4 Å². The molecule has 0 bridgehead atoms. The molecule has 0 fully saturated rings. The molecule has 0 aliphatic carbocycles. The van der Waals surface area contributed by atoms with Crippen LogP contribution in [0, 0.1) is 0 Å². The second-order valence-corrected chi connectivity index (χ2v) is 7.00. The van der Waals surface area contributed by atoms with Crippen LogP contribution in [0.15, 0.2) is 48.5 Å². The Hall–Kier alpha value is -2.00. The third kappa shape index (κ3) is 3.42. The van der Waals surface area contributed by atoms with Gasteiger partial charge in [-0.25, -0.2) is 0 Å². The van der Waals surface area contributed by atoms with E-state index in [0.29, 0.717) is 16.5 Å². The molecule has 2 aromatic rings. The molecule has 0 saturated heterocycles. The Morgan fingerprint density at radius 2 is 1.82 bits per heavy atom. The van der Waals surface area contributed by atoms with Gasteiger partial charge in [0.2, 0.25) is 0 Å². The number of benzene rings is 2. The van der Waals surface area contributed by atoms with E-state index >= 15 is 0 Å². The largest absolute Gasteiger partial charge is 0.365 e. The predicted molar refractivity (Wildman–Crippen MR) is 97.7 cm³/mol. The summed E-state index contributed by atoms with van der Waals surface area (Å²) in [6.45, 7) is 0. The third-order valence-corrected chi connectivity index (χ3v) is 4.36. The number of rotatable bonds is 2. The van der Waals surface area contributed by atoms with E-state index in [1.54, 1.807) is 0 Å². The lowest BCUT2D eigenvalue weighted by Gasteiger charge is -2.39. The summed E-state index contributed by atoms with van der Waals surface area (Å²) in [5.41, 5.74) is 2.92. The number of hydrogen-bond acceptors (Lipinski definition) is 5. The molecule has 0 amide bonds. The van der Waals surface area contributed by atoms with Crippen molar-refractivity contribution in [2.24, 2.45) is 0 Å². The maximum Gasteiger partial charge on any atom is 0.175 e. The molecule has 0 aromatic heterocycles. The van der Waals surface area contributed by atoms with Crippen molar-refractivity contribution in [3.05, 3.63) is 48.5 Å². The summed E-state index contributed by atoms with van der Waals surface area (Å²) in [7, 11) is -2.88. The Balaban J connectivity index is 1.77. The number of anilines is 4. The zero-order chi connectivity index (χ0) is 15.6. The minimum Gasteiger partial charge on any atom is -0.365 e. The molecule has 1 heterocycles. The SMILES string of the molecule is OS1(O)CNc2cccc(NC(=S)Nc3ccccc3)c2N1. The highest BCUT2D eigenvalue weighted by molar-refractivity contribution is 8.25. The van der Waals surface area contributed by atoms with Crippen molar-refractivity contribution in [3.63, 3.8) is 0 Å². The molecule has 0 radical (unpaired) electrons. The lowest BCUT2D eigenvalue weighted by molar-refractivity contribution is 0.495. The number of nitrogens with one attached hydrogen (secondary N) is 4. The van der Waals surface area contributed by atoms with Crippen molar-refractivity contribution in [2.75, 3.05) is 26.5 Å². The zero-order valence-corrected chi connectivity index (χ0v) is 13.2. The van der Waals surface area contributed by atoms with E-state index in [-0.39, 0.29) is 5.88 Å².